The zero-order valence-electron chi connectivity index (χ0n) is 34.9. The lowest BCUT2D eigenvalue weighted by atomic mass is 10.00. The molecule has 300 valence electrons. The van der Waals surface area contributed by atoms with Gasteiger partial charge in [-0.1, -0.05) is 146 Å². The molecule has 0 saturated carbocycles. The van der Waals surface area contributed by atoms with Crippen LogP contribution in [0.4, 0.5) is 0 Å². The van der Waals surface area contributed by atoms with Gasteiger partial charge in [0.15, 0.2) is 0 Å². The van der Waals surface area contributed by atoms with Crippen molar-refractivity contribution in [3.05, 3.63) is 212 Å². The second-order valence-electron chi connectivity index (χ2n) is 17.3. The minimum atomic E-state index is 0.853. The van der Waals surface area contributed by atoms with E-state index < -0.39 is 0 Å². The summed E-state index contributed by atoms with van der Waals surface area (Å²) in [5.41, 5.74) is 16.2. The standard InChI is InChI=1S/C60H35N5/c1-2-15-39(16-3-1)63-50-23-11-6-18-42(50)44-32-29-38(34-53(44)63)58-57(61-48-21-9-10-22-49(48)62-58)37-26-30-40(31-27-37)64-52-25-13-8-20-45(52)55-54(64)35-47-43-19-7-12-24-51(43)65-59-41-17-5-4-14-36(41)28-33-46(59)56(55)60(47)65/h1-35H. The van der Waals surface area contributed by atoms with Crippen LogP contribution in [0.1, 0.15) is 0 Å². The molecule has 0 amide bonds. The topological polar surface area (TPSA) is 40.0 Å². The van der Waals surface area contributed by atoms with E-state index in [-0.39, 0.29) is 0 Å². The van der Waals surface area contributed by atoms with Gasteiger partial charge < -0.3 is 13.5 Å². The van der Waals surface area contributed by atoms with Gasteiger partial charge in [-0.15, -0.1) is 0 Å². The molecular formula is C60H35N5. The molecule has 0 unspecified atom stereocenters. The monoisotopic (exact) mass is 825 g/mol. The molecule has 0 aliphatic heterocycles. The van der Waals surface area contributed by atoms with Crippen LogP contribution in [0, 0.1) is 0 Å². The Hall–Kier alpha value is -8.80. The Balaban J connectivity index is 0.962. The van der Waals surface area contributed by atoms with Crippen molar-refractivity contribution >= 4 is 104 Å². The number of nitrogens with zero attached hydrogens (tertiary/aromatic N) is 5. The first-order chi connectivity index (χ1) is 32.3. The van der Waals surface area contributed by atoms with Crippen molar-refractivity contribution in [2.75, 3.05) is 0 Å². The van der Waals surface area contributed by atoms with Crippen LogP contribution >= 0.6 is 0 Å². The van der Waals surface area contributed by atoms with Crippen LogP contribution in [-0.4, -0.2) is 23.5 Å². The van der Waals surface area contributed by atoms with Crippen molar-refractivity contribution in [1.82, 2.24) is 23.5 Å². The fraction of sp³-hybridized carbons (Fsp3) is 0. The van der Waals surface area contributed by atoms with Crippen molar-refractivity contribution in [3.8, 4) is 33.9 Å². The van der Waals surface area contributed by atoms with E-state index in [1.54, 1.807) is 0 Å². The highest BCUT2D eigenvalue weighted by Gasteiger charge is 2.25. The van der Waals surface area contributed by atoms with Crippen LogP contribution in [-0.2, 0) is 0 Å². The summed E-state index contributed by atoms with van der Waals surface area (Å²) < 4.78 is 7.35. The van der Waals surface area contributed by atoms with Gasteiger partial charge in [0.05, 0.1) is 61.0 Å². The number of hydrogen-bond acceptors (Lipinski definition) is 2. The molecule has 15 aromatic rings. The molecular weight excluding hydrogens is 791 g/mol. The second kappa shape index (κ2) is 12.9. The van der Waals surface area contributed by atoms with Crippen LogP contribution in [0.3, 0.4) is 0 Å². The summed E-state index contributed by atoms with van der Waals surface area (Å²) >= 11 is 0. The normalized spacial score (nSPS) is 12.3. The smallest absolute Gasteiger partial charge is 0.0973 e. The zero-order chi connectivity index (χ0) is 42.3. The average Bonchev–Trinajstić information content (AvgIpc) is 4.10. The van der Waals surface area contributed by atoms with Crippen LogP contribution in [0.5, 0.6) is 0 Å². The first-order valence-electron chi connectivity index (χ1n) is 22.3. The van der Waals surface area contributed by atoms with Gasteiger partial charge in [0.2, 0.25) is 0 Å². The number of fused-ring (bicyclic) bond motifs is 16. The molecule has 0 aliphatic carbocycles. The molecule has 0 fully saturated rings. The highest BCUT2D eigenvalue weighted by Crippen LogP contribution is 2.48. The minimum absolute atomic E-state index is 0.853. The molecule has 0 aliphatic rings. The summed E-state index contributed by atoms with van der Waals surface area (Å²) in [6, 6.07) is 76.8. The zero-order valence-corrected chi connectivity index (χ0v) is 34.9. The number of rotatable bonds is 4. The van der Waals surface area contributed by atoms with Gasteiger partial charge in [-0.3, -0.25) is 0 Å². The van der Waals surface area contributed by atoms with Gasteiger partial charge in [0.1, 0.15) is 0 Å². The molecule has 10 aromatic carbocycles. The van der Waals surface area contributed by atoms with E-state index in [4.69, 9.17) is 9.97 Å². The summed E-state index contributed by atoms with van der Waals surface area (Å²) in [6.07, 6.45) is 0. The fourth-order valence-corrected chi connectivity index (χ4v) is 11.2. The van der Waals surface area contributed by atoms with Crippen molar-refractivity contribution in [2.45, 2.75) is 0 Å². The molecule has 0 bridgehead atoms. The van der Waals surface area contributed by atoms with Gasteiger partial charge in [0.25, 0.3) is 0 Å². The molecule has 0 saturated heterocycles. The lowest BCUT2D eigenvalue weighted by Gasteiger charge is -2.13. The highest BCUT2D eigenvalue weighted by atomic mass is 15.0. The summed E-state index contributed by atoms with van der Waals surface area (Å²) in [5, 5.41) is 12.6. The van der Waals surface area contributed by atoms with E-state index in [0.717, 1.165) is 50.4 Å². The van der Waals surface area contributed by atoms with E-state index in [2.05, 4.69) is 214 Å². The van der Waals surface area contributed by atoms with E-state index >= 15 is 0 Å². The van der Waals surface area contributed by atoms with Gasteiger partial charge in [-0.05, 0) is 72.1 Å². The van der Waals surface area contributed by atoms with Crippen molar-refractivity contribution < 1.29 is 0 Å². The van der Waals surface area contributed by atoms with E-state index in [1.807, 2.05) is 12.1 Å². The molecule has 65 heavy (non-hydrogen) atoms. The first-order valence-corrected chi connectivity index (χ1v) is 22.3. The van der Waals surface area contributed by atoms with Gasteiger partial charge >= 0.3 is 0 Å². The number of hydrogen-bond donors (Lipinski definition) is 0. The maximum Gasteiger partial charge on any atom is 0.0973 e. The summed E-state index contributed by atoms with van der Waals surface area (Å²) in [5.74, 6) is 0. The Morgan fingerprint density at radius 3 is 1.60 bits per heavy atom. The predicted molar refractivity (Wildman–Crippen MR) is 271 cm³/mol. The van der Waals surface area contributed by atoms with Crippen LogP contribution in [0.15, 0.2) is 212 Å². The van der Waals surface area contributed by atoms with Gasteiger partial charge in [0, 0.05) is 71.0 Å². The molecule has 0 N–H and O–H groups in total. The average molecular weight is 826 g/mol. The van der Waals surface area contributed by atoms with Crippen molar-refractivity contribution in [1.29, 1.82) is 0 Å². The van der Waals surface area contributed by atoms with Crippen LogP contribution in [0.2, 0.25) is 0 Å². The Kier molecular flexibility index (Phi) is 6.89. The Morgan fingerprint density at radius 1 is 0.292 bits per heavy atom. The molecule has 5 heterocycles. The molecule has 0 atom stereocenters. The fourth-order valence-electron chi connectivity index (χ4n) is 11.2. The molecule has 0 spiro atoms. The first kappa shape index (κ1) is 34.7. The molecule has 5 aromatic heterocycles. The predicted octanol–water partition coefficient (Wildman–Crippen LogP) is 15.5. The maximum atomic E-state index is 5.37. The van der Waals surface area contributed by atoms with E-state index in [0.29, 0.717) is 0 Å². The number of para-hydroxylation sites is 6. The Morgan fingerprint density at radius 2 is 0.831 bits per heavy atom. The third-order valence-corrected chi connectivity index (χ3v) is 13.9. The minimum Gasteiger partial charge on any atom is -0.309 e. The molecule has 0 radical (unpaired) electrons. The van der Waals surface area contributed by atoms with Crippen molar-refractivity contribution in [2.24, 2.45) is 0 Å². The summed E-state index contributed by atoms with van der Waals surface area (Å²) in [7, 11) is 0. The number of benzene rings is 10. The lowest BCUT2D eigenvalue weighted by Crippen LogP contribution is -1.98. The van der Waals surface area contributed by atoms with Crippen molar-refractivity contribution in [3.63, 3.8) is 0 Å². The largest absolute Gasteiger partial charge is 0.309 e. The SMILES string of the molecule is c1ccc(-n2c3ccccc3c3ccc(-c4nc5ccccc5nc4-c4ccc(-n5c6ccccc6c6c7c8ccc9ccccc9c8n8c9ccccc9c(cc65)c78)cc4)cc32)cc1. The van der Waals surface area contributed by atoms with Gasteiger partial charge in [-0.2, -0.15) is 0 Å². The summed E-state index contributed by atoms with van der Waals surface area (Å²) in [4.78, 5) is 10.7. The summed E-state index contributed by atoms with van der Waals surface area (Å²) in [6.45, 7) is 0. The van der Waals surface area contributed by atoms with Crippen LogP contribution < -0.4 is 0 Å². The lowest BCUT2D eigenvalue weighted by molar-refractivity contribution is 1.18. The maximum absolute atomic E-state index is 5.37. The van der Waals surface area contributed by atoms with Gasteiger partial charge in [-0.25, -0.2) is 9.97 Å². The Labute approximate surface area is 371 Å². The third kappa shape index (κ3) is 4.71. The van der Waals surface area contributed by atoms with Crippen LogP contribution in [0.25, 0.3) is 137 Å². The third-order valence-electron chi connectivity index (χ3n) is 13.9. The quantitative estimate of drug-likeness (QED) is 0.177. The molecule has 5 nitrogen and oxygen atoms in total. The highest BCUT2D eigenvalue weighted by molar-refractivity contribution is 6.37. The molecule has 15 rings (SSSR count). The Bertz CT molecular complexity index is 4460. The van der Waals surface area contributed by atoms with E-state index in [1.165, 1.54) is 87.0 Å². The van der Waals surface area contributed by atoms with E-state index in [9.17, 15) is 0 Å². The second-order valence-corrected chi connectivity index (χ2v) is 17.3. The number of aromatic nitrogens is 5. The molecule has 5 heteroatoms.